The van der Waals surface area contributed by atoms with Crippen LogP contribution in [0.1, 0.15) is 18.9 Å². The zero-order valence-corrected chi connectivity index (χ0v) is 12.7. The summed E-state index contributed by atoms with van der Waals surface area (Å²) in [6.45, 7) is 3.91. The second-order valence-corrected chi connectivity index (χ2v) is 5.36. The molecule has 1 aromatic carbocycles. The maximum absolute atomic E-state index is 12.2. The number of carbonyl (C=O) groups is 2. The van der Waals surface area contributed by atoms with E-state index >= 15 is 0 Å². The van der Waals surface area contributed by atoms with Crippen LogP contribution in [-0.4, -0.2) is 54.2 Å². The van der Waals surface area contributed by atoms with Crippen LogP contribution in [0.4, 0.5) is 0 Å². The van der Waals surface area contributed by atoms with E-state index in [2.05, 4.69) is 5.32 Å². The average molecular weight is 306 g/mol. The van der Waals surface area contributed by atoms with Crippen LogP contribution >= 0.6 is 0 Å². The van der Waals surface area contributed by atoms with Gasteiger partial charge in [0, 0.05) is 19.5 Å². The minimum Gasteiger partial charge on any atom is -0.508 e. The SMILES string of the molecule is CC(NC(=O)CCc1ccccc1O)C(=O)N1CCOCC1. The molecule has 1 fully saturated rings. The molecule has 1 unspecified atom stereocenters. The first-order chi connectivity index (χ1) is 10.6. The van der Waals surface area contributed by atoms with Crippen molar-refractivity contribution < 1.29 is 19.4 Å². The highest BCUT2D eigenvalue weighted by atomic mass is 16.5. The molecule has 1 aliphatic heterocycles. The number of para-hydroxylation sites is 1. The molecule has 1 aromatic rings. The number of aryl methyl sites for hydroxylation is 1. The van der Waals surface area contributed by atoms with Gasteiger partial charge in [0.1, 0.15) is 11.8 Å². The molecule has 0 bridgehead atoms. The van der Waals surface area contributed by atoms with E-state index in [0.717, 1.165) is 5.56 Å². The van der Waals surface area contributed by atoms with Crippen molar-refractivity contribution in [3.05, 3.63) is 29.8 Å². The van der Waals surface area contributed by atoms with Gasteiger partial charge in [-0.25, -0.2) is 0 Å². The van der Waals surface area contributed by atoms with Crippen molar-refractivity contribution in [1.29, 1.82) is 0 Å². The molecule has 120 valence electrons. The highest BCUT2D eigenvalue weighted by Crippen LogP contribution is 2.17. The third kappa shape index (κ3) is 4.46. The van der Waals surface area contributed by atoms with Gasteiger partial charge in [-0.2, -0.15) is 0 Å². The normalized spacial score (nSPS) is 16.1. The maximum Gasteiger partial charge on any atom is 0.245 e. The van der Waals surface area contributed by atoms with Gasteiger partial charge < -0.3 is 20.1 Å². The molecule has 22 heavy (non-hydrogen) atoms. The number of carbonyl (C=O) groups excluding carboxylic acids is 2. The van der Waals surface area contributed by atoms with Crippen molar-refractivity contribution in [2.24, 2.45) is 0 Å². The Kier molecular flexibility index (Phi) is 5.77. The van der Waals surface area contributed by atoms with Crippen molar-refractivity contribution in [3.8, 4) is 5.75 Å². The van der Waals surface area contributed by atoms with Gasteiger partial charge in [-0.05, 0) is 25.0 Å². The second-order valence-electron chi connectivity index (χ2n) is 5.36. The fourth-order valence-corrected chi connectivity index (χ4v) is 2.40. The van der Waals surface area contributed by atoms with E-state index in [0.29, 0.717) is 32.7 Å². The third-order valence-electron chi connectivity index (χ3n) is 3.68. The lowest BCUT2D eigenvalue weighted by Gasteiger charge is -2.29. The number of hydrogen-bond donors (Lipinski definition) is 2. The van der Waals surface area contributed by atoms with E-state index in [9.17, 15) is 14.7 Å². The first-order valence-corrected chi connectivity index (χ1v) is 7.50. The lowest BCUT2D eigenvalue weighted by atomic mass is 10.1. The number of aromatic hydroxyl groups is 1. The first-order valence-electron chi connectivity index (χ1n) is 7.50. The van der Waals surface area contributed by atoms with E-state index in [-0.39, 0.29) is 24.0 Å². The van der Waals surface area contributed by atoms with Crippen molar-refractivity contribution in [1.82, 2.24) is 10.2 Å². The minimum absolute atomic E-state index is 0.0841. The van der Waals surface area contributed by atoms with Crippen molar-refractivity contribution >= 4 is 11.8 Å². The molecule has 6 heteroatoms. The largest absolute Gasteiger partial charge is 0.508 e. The zero-order chi connectivity index (χ0) is 15.9. The highest BCUT2D eigenvalue weighted by molar-refractivity contribution is 5.87. The Morgan fingerprint density at radius 2 is 2.00 bits per heavy atom. The summed E-state index contributed by atoms with van der Waals surface area (Å²) in [7, 11) is 0. The van der Waals surface area contributed by atoms with Crippen LogP contribution in [0.3, 0.4) is 0 Å². The zero-order valence-electron chi connectivity index (χ0n) is 12.7. The number of amides is 2. The van der Waals surface area contributed by atoms with Gasteiger partial charge in [-0.15, -0.1) is 0 Å². The fraction of sp³-hybridized carbons (Fsp3) is 0.500. The van der Waals surface area contributed by atoms with Crippen LogP contribution in [0.25, 0.3) is 0 Å². The molecule has 2 rings (SSSR count). The fourth-order valence-electron chi connectivity index (χ4n) is 2.40. The average Bonchev–Trinajstić information content (AvgIpc) is 2.54. The van der Waals surface area contributed by atoms with E-state index in [4.69, 9.17) is 4.74 Å². The van der Waals surface area contributed by atoms with E-state index < -0.39 is 6.04 Å². The number of rotatable bonds is 5. The van der Waals surface area contributed by atoms with Crippen molar-refractivity contribution in [2.45, 2.75) is 25.8 Å². The number of morpholine rings is 1. The maximum atomic E-state index is 12.2. The van der Waals surface area contributed by atoms with Gasteiger partial charge in [0.05, 0.1) is 13.2 Å². The Balaban J connectivity index is 1.78. The molecule has 0 aromatic heterocycles. The molecule has 0 saturated carbocycles. The van der Waals surface area contributed by atoms with Crippen LogP contribution in [-0.2, 0) is 20.7 Å². The summed E-state index contributed by atoms with van der Waals surface area (Å²) in [5.41, 5.74) is 0.727. The molecule has 0 aliphatic carbocycles. The Morgan fingerprint density at radius 1 is 1.32 bits per heavy atom. The Labute approximate surface area is 130 Å². The molecule has 0 spiro atoms. The summed E-state index contributed by atoms with van der Waals surface area (Å²) in [6, 6.07) is 6.39. The van der Waals surface area contributed by atoms with Crippen LogP contribution in [0.5, 0.6) is 5.75 Å². The molecule has 0 radical (unpaired) electrons. The van der Waals surface area contributed by atoms with Gasteiger partial charge in [-0.1, -0.05) is 18.2 Å². The number of phenols is 1. The van der Waals surface area contributed by atoms with Crippen LogP contribution in [0.2, 0.25) is 0 Å². The standard InChI is InChI=1S/C16H22N2O4/c1-12(16(21)18-8-10-22-11-9-18)17-15(20)7-6-13-4-2-3-5-14(13)19/h2-5,12,19H,6-11H2,1H3,(H,17,20). The lowest BCUT2D eigenvalue weighted by molar-refractivity contribution is -0.139. The number of benzene rings is 1. The van der Waals surface area contributed by atoms with Gasteiger partial charge in [0.25, 0.3) is 0 Å². The highest BCUT2D eigenvalue weighted by Gasteiger charge is 2.23. The van der Waals surface area contributed by atoms with E-state index in [1.807, 2.05) is 6.07 Å². The smallest absolute Gasteiger partial charge is 0.245 e. The molecule has 1 heterocycles. The van der Waals surface area contributed by atoms with Crippen LogP contribution in [0.15, 0.2) is 24.3 Å². The molecule has 1 aliphatic rings. The summed E-state index contributed by atoms with van der Waals surface area (Å²) in [5, 5.41) is 12.4. The van der Waals surface area contributed by atoms with Gasteiger partial charge in [-0.3, -0.25) is 9.59 Å². The summed E-state index contributed by atoms with van der Waals surface area (Å²) in [4.78, 5) is 25.8. The quantitative estimate of drug-likeness (QED) is 0.839. The molecular formula is C16H22N2O4. The molecule has 6 nitrogen and oxygen atoms in total. The summed E-state index contributed by atoms with van der Waals surface area (Å²) in [6.07, 6.45) is 0.676. The van der Waals surface area contributed by atoms with E-state index in [1.165, 1.54) is 0 Å². The van der Waals surface area contributed by atoms with Crippen LogP contribution in [0, 0.1) is 0 Å². The topological polar surface area (TPSA) is 78.9 Å². The van der Waals surface area contributed by atoms with Gasteiger partial charge >= 0.3 is 0 Å². The Bertz CT molecular complexity index is 527. The second kappa shape index (κ2) is 7.79. The molecule has 1 saturated heterocycles. The number of ether oxygens (including phenoxy) is 1. The first kappa shape index (κ1) is 16.3. The number of nitrogens with zero attached hydrogens (tertiary/aromatic N) is 1. The van der Waals surface area contributed by atoms with Crippen molar-refractivity contribution in [3.63, 3.8) is 0 Å². The predicted molar refractivity (Wildman–Crippen MR) is 81.4 cm³/mol. The Morgan fingerprint density at radius 3 is 2.68 bits per heavy atom. The Hall–Kier alpha value is -2.08. The third-order valence-corrected chi connectivity index (χ3v) is 3.68. The number of hydrogen-bond acceptors (Lipinski definition) is 4. The van der Waals surface area contributed by atoms with Gasteiger partial charge in [0.15, 0.2) is 0 Å². The number of nitrogens with one attached hydrogen (secondary N) is 1. The molecule has 1 atom stereocenters. The summed E-state index contributed by atoms with van der Waals surface area (Å²) in [5.74, 6) is -0.0932. The molecule has 2 amide bonds. The minimum atomic E-state index is -0.546. The molecular weight excluding hydrogens is 284 g/mol. The van der Waals surface area contributed by atoms with Crippen molar-refractivity contribution in [2.75, 3.05) is 26.3 Å². The summed E-state index contributed by atoms with van der Waals surface area (Å²) < 4.78 is 5.20. The number of phenolic OH excluding ortho intramolecular Hbond substituents is 1. The van der Waals surface area contributed by atoms with Crippen LogP contribution < -0.4 is 5.32 Å². The lowest BCUT2D eigenvalue weighted by Crippen LogP contribution is -2.50. The van der Waals surface area contributed by atoms with Gasteiger partial charge in [0.2, 0.25) is 11.8 Å². The monoisotopic (exact) mass is 306 g/mol. The molecule has 2 N–H and O–H groups in total. The van der Waals surface area contributed by atoms with E-state index in [1.54, 1.807) is 30.0 Å². The predicted octanol–water partition coefficient (Wildman–Crippen LogP) is 0.688. The summed E-state index contributed by atoms with van der Waals surface area (Å²) >= 11 is 0.